The third-order valence-electron chi connectivity index (χ3n) is 3.86. The Kier molecular flexibility index (Phi) is 4.71. The van der Waals surface area contributed by atoms with E-state index in [1.54, 1.807) is 12.1 Å². The predicted molar refractivity (Wildman–Crippen MR) is 88.5 cm³/mol. The number of aliphatic hydroxyl groups is 1. The molecule has 5 nitrogen and oxygen atoms in total. The van der Waals surface area contributed by atoms with Gasteiger partial charge in [-0.1, -0.05) is 13.3 Å². The molecular formula is C17H21FN4O. The molecule has 1 atom stereocenters. The lowest BCUT2D eigenvalue weighted by Gasteiger charge is -2.18. The number of β-amino-alcohol motifs (C(OH)–C–C–N with tert-alkyl or cyclic N) is 1. The van der Waals surface area contributed by atoms with E-state index >= 15 is 0 Å². The Morgan fingerprint density at radius 2 is 2.09 bits per heavy atom. The zero-order valence-electron chi connectivity index (χ0n) is 13.2. The number of halogens is 1. The van der Waals surface area contributed by atoms with Crippen molar-refractivity contribution in [1.82, 2.24) is 9.97 Å². The normalized spacial score (nSPS) is 17.5. The topological polar surface area (TPSA) is 61.3 Å². The number of aryl methyl sites for hydroxylation is 1. The van der Waals surface area contributed by atoms with E-state index in [1.807, 2.05) is 6.07 Å². The fourth-order valence-electron chi connectivity index (χ4n) is 2.70. The van der Waals surface area contributed by atoms with Gasteiger partial charge in [-0.05, 0) is 37.1 Å². The maximum absolute atomic E-state index is 13.0. The van der Waals surface area contributed by atoms with Crippen LogP contribution < -0.4 is 10.2 Å². The summed E-state index contributed by atoms with van der Waals surface area (Å²) < 4.78 is 13.0. The zero-order valence-corrected chi connectivity index (χ0v) is 13.2. The first-order valence-electron chi connectivity index (χ1n) is 7.97. The molecule has 0 saturated carbocycles. The van der Waals surface area contributed by atoms with Crippen molar-refractivity contribution in [3.05, 3.63) is 41.8 Å². The van der Waals surface area contributed by atoms with Crippen molar-refractivity contribution in [1.29, 1.82) is 0 Å². The van der Waals surface area contributed by atoms with Crippen LogP contribution in [0.4, 0.5) is 21.8 Å². The molecule has 2 heterocycles. The predicted octanol–water partition coefficient (Wildman–Crippen LogP) is 2.88. The Morgan fingerprint density at radius 1 is 1.30 bits per heavy atom. The van der Waals surface area contributed by atoms with Crippen LogP contribution in [0.25, 0.3) is 0 Å². The zero-order chi connectivity index (χ0) is 16.2. The van der Waals surface area contributed by atoms with Gasteiger partial charge in [0.05, 0.1) is 6.10 Å². The van der Waals surface area contributed by atoms with Crippen LogP contribution in [0.1, 0.15) is 25.5 Å². The standard InChI is InChI=1S/C17H21FN4O/c1-2-3-14-10-16(22-9-8-15(23)11-22)21-17(20-14)19-13-6-4-12(18)5-7-13/h4-7,10,15,23H,2-3,8-9,11H2,1H3,(H,19,20,21). The van der Waals surface area contributed by atoms with E-state index in [2.05, 4.69) is 27.1 Å². The largest absolute Gasteiger partial charge is 0.391 e. The van der Waals surface area contributed by atoms with E-state index in [9.17, 15) is 9.50 Å². The SMILES string of the molecule is CCCc1cc(N2CCC(O)C2)nc(Nc2ccc(F)cc2)n1. The molecule has 1 aromatic carbocycles. The number of hydrogen-bond acceptors (Lipinski definition) is 5. The highest BCUT2D eigenvalue weighted by molar-refractivity contribution is 5.55. The van der Waals surface area contributed by atoms with Crippen LogP contribution >= 0.6 is 0 Å². The quantitative estimate of drug-likeness (QED) is 0.888. The van der Waals surface area contributed by atoms with Gasteiger partial charge in [0, 0.05) is 30.5 Å². The summed E-state index contributed by atoms with van der Waals surface area (Å²) in [5.74, 6) is 1.05. The number of anilines is 3. The molecule has 0 amide bonds. The second-order valence-corrected chi connectivity index (χ2v) is 5.81. The van der Waals surface area contributed by atoms with Crippen LogP contribution in [0.2, 0.25) is 0 Å². The summed E-state index contributed by atoms with van der Waals surface area (Å²) in [6.45, 7) is 3.49. The van der Waals surface area contributed by atoms with E-state index in [0.29, 0.717) is 12.5 Å². The lowest BCUT2D eigenvalue weighted by atomic mass is 10.2. The molecule has 2 aromatic rings. The van der Waals surface area contributed by atoms with E-state index in [-0.39, 0.29) is 11.9 Å². The van der Waals surface area contributed by atoms with Crippen molar-refractivity contribution in [2.75, 3.05) is 23.3 Å². The highest BCUT2D eigenvalue weighted by Crippen LogP contribution is 2.22. The summed E-state index contributed by atoms with van der Waals surface area (Å²) in [4.78, 5) is 11.1. The Labute approximate surface area is 135 Å². The third kappa shape index (κ3) is 3.96. The molecular weight excluding hydrogens is 295 g/mol. The van der Waals surface area contributed by atoms with Crippen molar-refractivity contribution in [2.24, 2.45) is 0 Å². The Morgan fingerprint density at radius 3 is 2.74 bits per heavy atom. The summed E-state index contributed by atoms with van der Waals surface area (Å²) in [7, 11) is 0. The van der Waals surface area contributed by atoms with Crippen molar-refractivity contribution in [3.8, 4) is 0 Å². The molecule has 1 aliphatic rings. The molecule has 1 aromatic heterocycles. The molecule has 1 saturated heterocycles. The first-order valence-corrected chi connectivity index (χ1v) is 7.97. The fraction of sp³-hybridized carbons (Fsp3) is 0.412. The first kappa shape index (κ1) is 15.7. The van der Waals surface area contributed by atoms with Crippen molar-refractivity contribution in [2.45, 2.75) is 32.3 Å². The summed E-state index contributed by atoms with van der Waals surface area (Å²) in [6, 6.07) is 8.10. The maximum Gasteiger partial charge on any atom is 0.229 e. The van der Waals surface area contributed by atoms with Crippen molar-refractivity contribution in [3.63, 3.8) is 0 Å². The average molecular weight is 316 g/mol. The van der Waals surface area contributed by atoms with E-state index in [4.69, 9.17) is 0 Å². The molecule has 2 N–H and O–H groups in total. The number of aliphatic hydroxyl groups excluding tert-OH is 1. The summed E-state index contributed by atoms with van der Waals surface area (Å²) >= 11 is 0. The van der Waals surface area contributed by atoms with Crippen LogP contribution in [0, 0.1) is 5.82 Å². The van der Waals surface area contributed by atoms with Crippen LogP contribution in [-0.4, -0.2) is 34.3 Å². The minimum absolute atomic E-state index is 0.275. The van der Waals surface area contributed by atoms with Gasteiger partial charge in [0.1, 0.15) is 11.6 Å². The summed E-state index contributed by atoms with van der Waals surface area (Å²) in [5.41, 5.74) is 1.70. The number of hydrogen-bond donors (Lipinski definition) is 2. The van der Waals surface area contributed by atoms with Gasteiger partial charge in [-0.2, -0.15) is 4.98 Å². The Hall–Kier alpha value is -2.21. The minimum atomic E-state index is -0.298. The number of nitrogens with one attached hydrogen (secondary N) is 1. The molecule has 1 fully saturated rings. The van der Waals surface area contributed by atoms with Crippen LogP contribution in [0.15, 0.2) is 30.3 Å². The molecule has 3 rings (SSSR count). The van der Waals surface area contributed by atoms with Crippen LogP contribution in [0.3, 0.4) is 0 Å². The second-order valence-electron chi connectivity index (χ2n) is 5.81. The van der Waals surface area contributed by atoms with Gasteiger partial charge < -0.3 is 15.3 Å². The smallest absolute Gasteiger partial charge is 0.229 e. The Balaban J connectivity index is 1.86. The van der Waals surface area contributed by atoms with E-state index < -0.39 is 0 Å². The molecule has 122 valence electrons. The maximum atomic E-state index is 13.0. The lowest BCUT2D eigenvalue weighted by Crippen LogP contribution is -2.23. The fourth-order valence-corrected chi connectivity index (χ4v) is 2.70. The molecule has 0 spiro atoms. The Bertz CT molecular complexity index is 662. The summed E-state index contributed by atoms with van der Waals surface area (Å²) in [5, 5.41) is 12.9. The van der Waals surface area contributed by atoms with Crippen molar-refractivity contribution >= 4 is 17.5 Å². The number of benzene rings is 1. The second kappa shape index (κ2) is 6.91. The van der Waals surface area contributed by atoms with Crippen LogP contribution in [-0.2, 0) is 6.42 Å². The lowest BCUT2D eigenvalue weighted by molar-refractivity contribution is 0.198. The highest BCUT2D eigenvalue weighted by Gasteiger charge is 2.22. The number of aromatic nitrogens is 2. The van der Waals surface area contributed by atoms with Crippen LogP contribution in [0.5, 0.6) is 0 Å². The van der Waals surface area contributed by atoms with Gasteiger partial charge in [0.25, 0.3) is 0 Å². The molecule has 0 radical (unpaired) electrons. The molecule has 1 aliphatic heterocycles. The number of nitrogens with zero attached hydrogens (tertiary/aromatic N) is 3. The number of rotatable bonds is 5. The minimum Gasteiger partial charge on any atom is -0.391 e. The monoisotopic (exact) mass is 316 g/mol. The summed E-state index contributed by atoms with van der Waals surface area (Å²) in [6.07, 6.45) is 2.32. The molecule has 0 bridgehead atoms. The molecule has 0 aliphatic carbocycles. The van der Waals surface area contributed by atoms with Gasteiger partial charge in [-0.25, -0.2) is 9.37 Å². The van der Waals surface area contributed by atoms with Gasteiger partial charge in [-0.3, -0.25) is 0 Å². The first-order chi connectivity index (χ1) is 11.1. The van der Waals surface area contributed by atoms with Gasteiger partial charge in [0.2, 0.25) is 5.95 Å². The molecule has 6 heteroatoms. The highest BCUT2D eigenvalue weighted by atomic mass is 19.1. The third-order valence-corrected chi connectivity index (χ3v) is 3.86. The van der Waals surface area contributed by atoms with Gasteiger partial charge in [-0.15, -0.1) is 0 Å². The van der Waals surface area contributed by atoms with Crippen molar-refractivity contribution < 1.29 is 9.50 Å². The molecule has 23 heavy (non-hydrogen) atoms. The average Bonchev–Trinajstić information content (AvgIpc) is 2.96. The molecule has 1 unspecified atom stereocenters. The van der Waals surface area contributed by atoms with Gasteiger partial charge in [0.15, 0.2) is 0 Å². The van der Waals surface area contributed by atoms with E-state index in [0.717, 1.165) is 43.0 Å². The van der Waals surface area contributed by atoms with E-state index in [1.165, 1.54) is 12.1 Å². The van der Waals surface area contributed by atoms with Gasteiger partial charge >= 0.3 is 0 Å².